The van der Waals surface area contributed by atoms with Crippen LogP contribution in [-0.2, 0) is 10.0 Å². The first-order chi connectivity index (χ1) is 8.73. The Labute approximate surface area is 127 Å². The fourth-order valence-electron chi connectivity index (χ4n) is 1.91. The van der Waals surface area contributed by atoms with Crippen molar-refractivity contribution in [2.75, 3.05) is 18.8 Å². The lowest BCUT2D eigenvalue weighted by molar-refractivity contribution is 0.0572. The van der Waals surface area contributed by atoms with Crippen LogP contribution in [0.5, 0.6) is 0 Å². The van der Waals surface area contributed by atoms with Gasteiger partial charge in [0.25, 0.3) is 0 Å². The van der Waals surface area contributed by atoms with Gasteiger partial charge in [-0.1, -0.05) is 15.9 Å². The lowest BCUT2D eigenvalue weighted by Crippen LogP contribution is -2.30. The minimum atomic E-state index is -3.86. The summed E-state index contributed by atoms with van der Waals surface area (Å²) in [6.07, 6.45) is -2.16. The van der Waals surface area contributed by atoms with E-state index in [1.807, 2.05) is 0 Å². The standard InChI is InChI=1S/C10H12Br2N2O4S/c11-5-1-6(12)10(7(13)2-5)19(17,18)14-3-8(15)9(16)4-14/h1-2,8-9,15-16H,3-4,13H2/t8-,9+. The van der Waals surface area contributed by atoms with Crippen molar-refractivity contribution in [2.24, 2.45) is 0 Å². The third-order valence-corrected chi connectivity index (χ3v) is 6.16. The molecule has 1 heterocycles. The molecule has 4 N–H and O–H groups in total. The maximum absolute atomic E-state index is 12.5. The first-order valence-corrected chi connectivity index (χ1v) is 8.37. The smallest absolute Gasteiger partial charge is 0.246 e. The molecule has 1 aromatic rings. The van der Waals surface area contributed by atoms with Crippen molar-refractivity contribution in [1.29, 1.82) is 0 Å². The van der Waals surface area contributed by atoms with E-state index in [4.69, 9.17) is 5.73 Å². The van der Waals surface area contributed by atoms with Crippen LogP contribution in [0.1, 0.15) is 0 Å². The molecule has 106 valence electrons. The fraction of sp³-hybridized carbons (Fsp3) is 0.400. The summed E-state index contributed by atoms with van der Waals surface area (Å²) in [6, 6.07) is 3.06. The number of nitrogens with zero attached hydrogens (tertiary/aromatic N) is 1. The van der Waals surface area contributed by atoms with Gasteiger partial charge in [0.1, 0.15) is 4.90 Å². The van der Waals surface area contributed by atoms with E-state index in [1.54, 1.807) is 6.07 Å². The Morgan fingerprint density at radius 3 is 2.21 bits per heavy atom. The lowest BCUT2D eigenvalue weighted by atomic mass is 10.3. The van der Waals surface area contributed by atoms with Crippen LogP contribution in [0.2, 0.25) is 0 Å². The summed E-state index contributed by atoms with van der Waals surface area (Å²) in [5, 5.41) is 18.9. The SMILES string of the molecule is Nc1cc(Br)cc(Br)c1S(=O)(=O)N1C[C@@H](O)[C@@H](O)C1. The summed E-state index contributed by atoms with van der Waals surface area (Å²) in [5.41, 5.74) is 5.85. The Kier molecular flexibility index (Phi) is 4.24. The Morgan fingerprint density at radius 1 is 1.21 bits per heavy atom. The van der Waals surface area contributed by atoms with Gasteiger partial charge in [0, 0.05) is 22.0 Å². The number of sulfonamides is 1. The second-order valence-corrected chi connectivity index (χ2v) is 7.91. The van der Waals surface area contributed by atoms with E-state index in [2.05, 4.69) is 31.9 Å². The van der Waals surface area contributed by atoms with Crippen molar-refractivity contribution in [3.05, 3.63) is 21.1 Å². The van der Waals surface area contributed by atoms with Crippen LogP contribution >= 0.6 is 31.9 Å². The van der Waals surface area contributed by atoms with E-state index in [9.17, 15) is 18.6 Å². The van der Waals surface area contributed by atoms with Gasteiger partial charge in [0.2, 0.25) is 10.0 Å². The molecule has 1 aliphatic rings. The van der Waals surface area contributed by atoms with E-state index in [0.29, 0.717) is 8.95 Å². The third-order valence-electron chi connectivity index (χ3n) is 2.86. The molecule has 9 heteroatoms. The number of nitrogens with two attached hydrogens (primary N) is 1. The number of benzene rings is 1. The molecule has 19 heavy (non-hydrogen) atoms. The Bertz CT molecular complexity index is 575. The summed E-state index contributed by atoms with van der Waals surface area (Å²) >= 11 is 6.39. The zero-order chi connectivity index (χ0) is 14.4. The number of aliphatic hydroxyl groups excluding tert-OH is 2. The number of β-amino-alcohol motifs (C(OH)–C–C–N with tert-alkyl or cyclic N) is 2. The van der Waals surface area contributed by atoms with Gasteiger partial charge in [-0.15, -0.1) is 0 Å². The first kappa shape index (κ1) is 15.2. The first-order valence-electron chi connectivity index (χ1n) is 5.34. The van der Waals surface area contributed by atoms with Gasteiger partial charge in [-0.2, -0.15) is 4.31 Å². The van der Waals surface area contributed by atoms with E-state index >= 15 is 0 Å². The molecule has 0 aliphatic carbocycles. The quantitative estimate of drug-likeness (QED) is 0.611. The average molecular weight is 416 g/mol. The number of rotatable bonds is 2. The minimum Gasteiger partial charge on any atom is -0.398 e. The molecule has 2 rings (SSSR count). The van der Waals surface area contributed by atoms with Gasteiger partial charge in [-0.25, -0.2) is 8.42 Å². The van der Waals surface area contributed by atoms with Crippen LogP contribution in [0.15, 0.2) is 26.0 Å². The molecule has 0 saturated carbocycles. The van der Waals surface area contributed by atoms with Crippen molar-refractivity contribution in [1.82, 2.24) is 4.31 Å². The fourth-order valence-corrected chi connectivity index (χ4v) is 5.40. The zero-order valence-corrected chi connectivity index (χ0v) is 13.6. The summed E-state index contributed by atoms with van der Waals surface area (Å²) in [6.45, 7) is -0.295. The summed E-state index contributed by atoms with van der Waals surface area (Å²) in [4.78, 5) is -0.0583. The molecule has 0 radical (unpaired) electrons. The number of anilines is 1. The van der Waals surface area contributed by atoms with Crippen molar-refractivity contribution in [2.45, 2.75) is 17.1 Å². The van der Waals surface area contributed by atoms with Crippen molar-refractivity contribution in [3.8, 4) is 0 Å². The lowest BCUT2D eigenvalue weighted by Gasteiger charge is -2.18. The normalized spacial score (nSPS) is 24.8. The van der Waals surface area contributed by atoms with E-state index in [0.717, 1.165) is 4.31 Å². The molecular weight excluding hydrogens is 404 g/mol. The minimum absolute atomic E-state index is 0.0583. The zero-order valence-electron chi connectivity index (χ0n) is 9.62. The number of hydrogen-bond donors (Lipinski definition) is 3. The Balaban J connectivity index is 2.47. The molecule has 1 saturated heterocycles. The third kappa shape index (κ3) is 2.81. The summed E-state index contributed by atoms with van der Waals surface area (Å²) in [5.74, 6) is 0. The van der Waals surface area contributed by atoms with E-state index in [-0.39, 0.29) is 23.7 Å². The van der Waals surface area contributed by atoms with E-state index < -0.39 is 22.2 Å². The van der Waals surface area contributed by atoms with Crippen LogP contribution in [0.4, 0.5) is 5.69 Å². The summed E-state index contributed by atoms with van der Waals surface area (Å²) < 4.78 is 26.9. The summed E-state index contributed by atoms with van der Waals surface area (Å²) in [7, 11) is -3.86. The number of hydrogen-bond acceptors (Lipinski definition) is 5. The average Bonchev–Trinajstić information content (AvgIpc) is 2.57. The highest BCUT2D eigenvalue weighted by Gasteiger charge is 2.39. The maximum Gasteiger partial charge on any atom is 0.246 e. The molecular formula is C10H12Br2N2O4S. The monoisotopic (exact) mass is 414 g/mol. The molecule has 0 amide bonds. The van der Waals surface area contributed by atoms with Crippen LogP contribution < -0.4 is 5.73 Å². The van der Waals surface area contributed by atoms with Crippen LogP contribution in [-0.4, -0.2) is 48.2 Å². The van der Waals surface area contributed by atoms with Gasteiger partial charge in [0.05, 0.1) is 17.9 Å². The van der Waals surface area contributed by atoms with E-state index in [1.165, 1.54) is 6.07 Å². The van der Waals surface area contributed by atoms with Gasteiger partial charge in [0.15, 0.2) is 0 Å². The highest BCUT2D eigenvalue weighted by Crippen LogP contribution is 2.34. The second-order valence-electron chi connectivity index (χ2n) is 4.26. The van der Waals surface area contributed by atoms with Crippen molar-refractivity contribution < 1.29 is 18.6 Å². The van der Waals surface area contributed by atoms with Crippen LogP contribution in [0, 0.1) is 0 Å². The number of nitrogen functional groups attached to an aromatic ring is 1. The second kappa shape index (κ2) is 5.30. The van der Waals surface area contributed by atoms with Gasteiger partial charge in [-0.05, 0) is 28.1 Å². The highest BCUT2D eigenvalue weighted by molar-refractivity contribution is 9.11. The van der Waals surface area contributed by atoms with Crippen LogP contribution in [0.25, 0.3) is 0 Å². The highest BCUT2D eigenvalue weighted by atomic mass is 79.9. The van der Waals surface area contributed by atoms with Gasteiger partial charge < -0.3 is 15.9 Å². The molecule has 0 aromatic heterocycles. The van der Waals surface area contributed by atoms with Crippen LogP contribution in [0.3, 0.4) is 0 Å². The molecule has 0 spiro atoms. The molecule has 2 atom stereocenters. The number of halogens is 2. The molecule has 1 aliphatic heterocycles. The predicted molar refractivity (Wildman–Crippen MR) is 77.0 cm³/mol. The van der Waals surface area contributed by atoms with Gasteiger partial charge >= 0.3 is 0 Å². The maximum atomic E-state index is 12.5. The van der Waals surface area contributed by atoms with Crippen molar-refractivity contribution in [3.63, 3.8) is 0 Å². The molecule has 6 nitrogen and oxygen atoms in total. The molecule has 0 unspecified atom stereocenters. The molecule has 0 bridgehead atoms. The largest absolute Gasteiger partial charge is 0.398 e. The van der Waals surface area contributed by atoms with Gasteiger partial charge in [-0.3, -0.25) is 0 Å². The Morgan fingerprint density at radius 2 is 1.74 bits per heavy atom. The topological polar surface area (TPSA) is 104 Å². The van der Waals surface area contributed by atoms with Crippen molar-refractivity contribution >= 4 is 47.6 Å². The Hall–Kier alpha value is -0.190. The molecule has 1 fully saturated rings. The molecule has 1 aromatic carbocycles. The number of aliphatic hydroxyl groups is 2. The predicted octanol–water partition coefficient (Wildman–Crippen LogP) is 0.520.